The lowest BCUT2D eigenvalue weighted by Gasteiger charge is -2.16. The molecule has 0 fully saturated rings. The van der Waals surface area contributed by atoms with Crippen LogP contribution < -0.4 is 5.32 Å². The van der Waals surface area contributed by atoms with Crippen molar-refractivity contribution in [3.63, 3.8) is 0 Å². The van der Waals surface area contributed by atoms with Crippen molar-refractivity contribution in [2.24, 2.45) is 0 Å². The Morgan fingerprint density at radius 2 is 2.24 bits per heavy atom. The number of halogens is 1. The van der Waals surface area contributed by atoms with Crippen LogP contribution in [0.5, 0.6) is 0 Å². The summed E-state index contributed by atoms with van der Waals surface area (Å²) in [6.45, 7) is 4.27. The van der Waals surface area contributed by atoms with Crippen LogP contribution in [-0.4, -0.2) is 7.05 Å². The lowest BCUT2D eigenvalue weighted by atomic mass is 9.99. The highest BCUT2D eigenvalue weighted by Gasteiger charge is 2.20. The molecule has 0 bridgehead atoms. The van der Waals surface area contributed by atoms with Gasteiger partial charge in [0.05, 0.1) is 16.1 Å². The van der Waals surface area contributed by atoms with Gasteiger partial charge < -0.3 is 9.73 Å². The molecular weight excluding hydrogens is 298 g/mol. The lowest BCUT2D eigenvalue weighted by molar-refractivity contribution is 0.505. The Morgan fingerprint density at radius 1 is 1.47 bits per heavy atom. The fraction of sp³-hybridized carbons (Fsp3) is 0.385. The van der Waals surface area contributed by atoms with Crippen molar-refractivity contribution in [3.05, 3.63) is 43.9 Å². The number of nitrogens with one attached hydrogen (secondary N) is 1. The molecular formula is C13H16BrNOS. The first-order chi connectivity index (χ1) is 8.17. The Kier molecular flexibility index (Phi) is 4.07. The van der Waals surface area contributed by atoms with Gasteiger partial charge >= 0.3 is 0 Å². The summed E-state index contributed by atoms with van der Waals surface area (Å²) in [4.78, 5) is 1.33. The van der Waals surface area contributed by atoms with E-state index in [2.05, 4.69) is 47.2 Å². The number of rotatable bonds is 4. The molecule has 0 aromatic carbocycles. The monoisotopic (exact) mass is 313 g/mol. The first kappa shape index (κ1) is 12.9. The summed E-state index contributed by atoms with van der Waals surface area (Å²) in [5, 5.41) is 3.38. The van der Waals surface area contributed by atoms with Crippen LogP contribution >= 0.6 is 27.3 Å². The van der Waals surface area contributed by atoms with Crippen molar-refractivity contribution in [3.8, 4) is 0 Å². The van der Waals surface area contributed by atoms with E-state index in [4.69, 9.17) is 4.42 Å². The van der Waals surface area contributed by atoms with E-state index in [0.717, 1.165) is 12.2 Å². The van der Waals surface area contributed by atoms with Crippen molar-refractivity contribution in [2.45, 2.75) is 26.3 Å². The van der Waals surface area contributed by atoms with Gasteiger partial charge in [0.2, 0.25) is 0 Å². The Labute approximate surface area is 114 Å². The molecule has 2 rings (SSSR count). The minimum Gasteiger partial charge on any atom is -0.469 e. The zero-order chi connectivity index (χ0) is 12.4. The summed E-state index contributed by atoms with van der Waals surface area (Å²) in [5.41, 5.74) is 2.56. The average molecular weight is 314 g/mol. The smallest absolute Gasteiger partial charge is 0.108 e. The number of hydrogen-bond donors (Lipinski definition) is 1. The van der Waals surface area contributed by atoms with Crippen LogP contribution in [0.15, 0.2) is 26.6 Å². The van der Waals surface area contributed by atoms with Gasteiger partial charge in [0.25, 0.3) is 0 Å². The predicted molar refractivity (Wildman–Crippen MR) is 75.7 cm³/mol. The summed E-state index contributed by atoms with van der Waals surface area (Å²) >= 11 is 5.32. The van der Waals surface area contributed by atoms with Crippen LogP contribution in [0.2, 0.25) is 0 Å². The largest absolute Gasteiger partial charge is 0.469 e. The topological polar surface area (TPSA) is 25.2 Å². The van der Waals surface area contributed by atoms with Crippen molar-refractivity contribution < 1.29 is 4.42 Å². The molecule has 0 radical (unpaired) electrons. The second-order valence-electron chi connectivity index (χ2n) is 3.94. The summed E-state index contributed by atoms with van der Waals surface area (Å²) < 4.78 is 6.69. The van der Waals surface area contributed by atoms with Crippen molar-refractivity contribution in [2.75, 3.05) is 7.05 Å². The minimum atomic E-state index is 0.214. The van der Waals surface area contributed by atoms with Gasteiger partial charge in [0.15, 0.2) is 0 Å². The van der Waals surface area contributed by atoms with Crippen LogP contribution in [0.4, 0.5) is 0 Å². The van der Waals surface area contributed by atoms with E-state index in [0.29, 0.717) is 0 Å². The predicted octanol–water partition coefficient (Wildman–Crippen LogP) is 4.28. The Balaban J connectivity index is 2.43. The van der Waals surface area contributed by atoms with Gasteiger partial charge in [-0.3, -0.25) is 0 Å². The minimum absolute atomic E-state index is 0.214. The third-order valence-electron chi connectivity index (χ3n) is 2.94. The van der Waals surface area contributed by atoms with Gasteiger partial charge in [-0.1, -0.05) is 6.92 Å². The third-order valence-corrected chi connectivity index (χ3v) is 4.51. The number of furan rings is 1. The zero-order valence-electron chi connectivity index (χ0n) is 10.2. The molecule has 17 heavy (non-hydrogen) atoms. The first-order valence-corrected chi connectivity index (χ1v) is 7.27. The molecule has 2 aromatic rings. The Morgan fingerprint density at radius 3 is 2.76 bits per heavy atom. The van der Waals surface area contributed by atoms with Gasteiger partial charge in [-0.05, 0) is 47.6 Å². The molecule has 2 nitrogen and oxygen atoms in total. The van der Waals surface area contributed by atoms with Crippen molar-refractivity contribution in [1.82, 2.24) is 5.32 Å². The van der Waals surface area contributed by atoms with Crippen LogP contribution in [0.3, 0.4) is 0 Å². The van der Waals surface area contributed by atoms with E-state index in [1.807, 2.05) is 7.05 Å². The molecule has 0 aliphatic rings. The molecule has 0 saturated heterocycles. The summed E-state index contributed by atoms with van der Waals surface area (Å²) in [5.74, 6) is 1.06. The summed E-state index contributed by atoms with van der Waals surface area (Å²) in [6, 6.07) is 4.46. The molecule has 0 saturated carbocycles. The third kappa shape index (κ3) is 2.49. The number of thiophene rings is 1. The molecule has 0 aliphatic heterocycles. The maximum atomic E-state index is 5.52. The maximum Gasteiger partial charge on any atom is 0.108 e. The SMILES string of the molecule is CCc1occc1C(NC)c1cc(Br)sc1C. The van der Waals surface area contributed by atoms with Gasteiger partial charge in [-0.15, -0.1) is 11.3 Å². The summed E-state index contributed by atoms with van der Waals surface area (Å²) in [7, 11) is 1.99. The van der Waals surface area contributed by atoms with Crippen molar-refractivity contribution >= 4 is 27.3 Å². The van der Waals surface area contributed by atoms with Crippen LogP contribution in [0, 0.1) is 6.92 Å². The van der Waals surface area contributed by atoms with Crippen molar-refractivity contribution in [1.29, 1.82) is 0 Å². The van der Waals surface area contributed by atoms with E-state index < -0.39 is 0 Å². The van der Waals surface area contributed by atoms with Crippen LogP contribution in [0.25, 0.3) is 0 Å². The molecule has 0 amide bonds. The fourth-order valence-electron chi connectivity index (χ4n) is 2.12. The lowest BCUT2D eigenvalue weighted by Crippen LogP contribution is -2.18. The molecule has 0 spiro atoms. The average Bonchev–Trinajstić information content (AvgIpc) is 2.88. The first-order valence-electron chi connectivity index (χ1n) is 5.66. The van der Waals surface area contributed by atoms with Gasteiger partial charge in [0.1, 0.15) is 5.76 Å². The normalized spacial score (nSPS) is 12.9. The Bertz CT molecular complexity index is 503. The van der Waals surface area contributed by atoms with Gasteiger partial charge in [-0.2, -0.15) is 0 Å². The molecule has 1 atom stereocenters. The van der Waals surface area contributed by atoms with E-state index in [-0.39, 0.29) is 6.04 Å². The second-order valence-corrected chi connectivity index (χ2v) is 6.57. The zero-order valence-corrected chi connectivity index (χ0v) is 12.6. The van der Waals surface area contributed by atoms with Crippen LogP contribution in [0.1, 0.15) is 34.7 Å². The van der Waals surface area contributed by atoms with Gasteiger partial charge in [0, 0.05) is 16.9 Å². The quantitative estimate of drug-likeness (QED) is 0.911. The second kappa shape index (κ2) is 5.38. The molecule has 2 aromatic heterocycles. The molecule has 0 aliphatic carbocycles. The van der Waals surface area contributed by atoms with Gasteiger partial charge in [-0.25, -0.2) is 0 Å². The molecule has 4 heteroatoms. The molecule has 1 N–H and O–H groups in total. The molecule has 1 unspecified atom stereocenters. The molecule has 2 heterocycles. The maximum absolute atomic E-state index is 5.52. The number of hydrogen-bond acceptors (Lipinski definition) is 3. The Hall–Kier alpha value is -0.580. The highest BCUT2D eigenvalue weighted by atomic mass is 79.9. The highest BCUT2D eigenvalue weighted by Crippen LogP contribution is 2.35. The molecule has 92 valence electrons. The highest BCUT2D eigenvalue weighted by molar-refractivity contribution is 9.11. The standard InChI is InChI=1S/C13H16BrNOS/c1-4-11-9(5-6-16-11)13(15-3)10-7-12(14)17-8(10)2/h5-7,13,15H,4H2,1-3H3. The van der Waals surface area contributed by atoms with E-state index in [1.54, 1.807) is 17.6 Å². The van der Waals surface area contributed by atoms with Crippen LogP contribution in [-0.2, 0) is 6.42 Å². The fourth-order valence-corrected chi connectivity index (χ4v) is 3.87. The van der Waals surface area contributed by atoms with E-state index >= 15 is 0 Å². The summed E-state index contributed by atoms with van der Waals surface area (Å²) in [6.07, 6.45) is 2.69. The number of aryl methyl sites for hydroxylation is 2. The van der Waals surface area contributed by atoms with E-state index in [1.165, 1.54) is 19.8 Å². The van der Waals surface area contributed by atoms with E-state index in [9.17, 15) is 0 Å².